The number of likely N-dealkylation sites (tertiary alicyclic amines) is 1. The minimum Gasteiger partial charge on any atom is -0.481 e. The van der Waals surface area contributed by atoms with Crippen LogP contribution >= 0.6 is 0 Å². The molecular formula is C21H22N2O5. The summed E-state index contributed by atoms with van der Waals surface area (Å²) in [6, 6.07) is 13.7. The smallest absolute Gasteiger partial charge is 0.303 e. The molecule has 1 saturated heterocycles. The Hall–Kier alpha value is -3.22. The Balaban J connectivity index is 1.68. The van der Waals surface area contributed by atoms with E-state index >= 15 is 0 Å². The van der Waals surface area contributed by atoms with E-state index in [-0.39, 0.29) is 25.9 Å². The number of benzene rings is 2. The van der Waals surface area contributed by atoms with Gasteiger partial charge in [0.15, 0.2) is 0 Å². The topological polar surface area (TPSA) is 95.0 Å². The molecule has 1 N–H and O–H groups in total. The van der Waals surface area contributed by atoms with Gasteiger partial charge in [0.2, 0.25) is 11.7 Å². The van der Waals surface area contributed by atoms with E-state index in [1.807, 2.05) is 42.5 Å². The normalized spacial score (nSPS) is 16.6. The van der Waals surface area contributed by atoms with Crippen LogP contribution in [0.2, 0.25) is 0 Å². The van der Waals surface area contributed by atoms with Crippen molar-refractivity contribution >= 4 is 34.3 Å². The molecule has 1 fully saturated rings. The molecule has 0 radical (unpaired) electrons. The molecule has 1 aliphatic heterocycles. The average molecular weight is 382 g/mol. The Morgan fingerprint density at radius 3 is 2.61 bits per heavy atom. The van der Waals surface area contributed by atoms with Crippen molar-refractivity contribution in [2.45, 2.75) is 19.4 Å². The maximum absolute atomic E-state index is 12.8. The third kappa shape index (κ3) is 4.03. The molecule has 1 heterocycles. The van der Waals surface area contributed by atoms with Crippen LogP contribution < -0.4 is 0 Å². The van der Waals surface area contributed by atoms with Crippen LogP contribution in [0.25, 0.3) is 10.8 Å². The number of carbonyl (C=O) groups excluding carboxylic acids is 3. The van der Waals surface area contributed by atoms with Crippen LogP contribution in [0.1, 0.15) is 18.4 Å². The highest BCUT2D eigenvalue weighted by Crippen LogP contribution is 2.22. The lowest BCUT2D eigenvalue weighted by Crippen LogP contribution is -2.36. The second-order valence-corrected chi connectivity index (χ2v) is 7.00. The Bertz CT molecular complexity index is 934. The number of hydrogen-bond donors (Lipinski definition) is 1. The van der Waals surface area contributed by atoms with Gasteiger partial charge in [-0.1, -0.05) is 42.5 Å². The molecule has 2 aromatic rings. The minimum atomic E-state index is -1.03. The predicted molar refractivity (Wildman–Crippen MR) is 102 cm³/mol. The van der Waals surface area contributed by atoms with E-state index in [0.29, 0.717) is 6.54 Å². The highest BCUT2D eigenvalue weighted by molar-refractivity contribution is 6.42. The molecule has 7 heteroatoms. The van der Waals surface area contributed by atoms with Gasteiger partial charge in [-0.3, -0.25) is 19.2 Å². The summed E-state index contributed by atoms with van der Waals surface area (Å²) in [5.41, 5.74) is 0.962. The third-order valence-corrected chi connectivity index (χ3v) is 5.00. The lowest BCUT2D eigenvalue weighted by molar-refractivity contribution is -0.144. The van der Waals surface area contributed by atoms with Gasteiger partial charge < -0.3 is 14.9 Å². The first kappa shape index (κ1) is 19.5. The van der Waals surface area contributed by atoms with Crippen molar-refractivity contribution in [1.82, 2.24) is 9.80 Å². The van der Waals surface area contributed by atoms with Crippen LogP contribution in [0, 0.1) is 5.92 Å². The molecule has 0 aromatic heterocycles. The zero-order chi connectivity index (χ0) is 20.3. The summed E-state index contributed by atoms with van der Waals surface area (Å²) in [4.78, 5) is 50.5. The van der Waals surface area contributed by atoms with Gasteiger partial charge in [-0.15, -0.1) is 0 Å². The summed E-state index contributed by atoms with van der Waals surface area (Å²) < 4.78 is 0. The number of hydrogen-bond acceptors (Lipinski definition) is 4. The van der Waals surface area contributed by atoms with Gasteiger partial charge in [-0.25, -0.2) is 0 Å². The number of nitrogens with zero attached hydrogens (tertiary/aromatic N) is 2. The SMILES string of the molecule is CN(Cc1cccc2ccccc12)C(=O)C1CN(CCCC(=O)O)C(=O)C1=O. The fraction of sp³-hybridized carbons (Fsp3) is 0.333. The Labute approximate surface area is 162 Å². The molecule has 2 amide bonds. The first-order valence-electron chi connectivity index (χ1n) is 9.15. The zero-order valence-corrected chi connectivity index (χ0v) is 15.6. The number of ketones is 1. The maximum atomic E-state index is 12.8. The quantitative estimate of drug-likeness (QED) is 0.581. The fourth-order valence-corrected chi connectivity index (χ4v) is 3.53. The van der Waals surface area contributed by atoms with Gasteiger partial charge >= 0.3 is 5.97 Å². The lowest BCUT2D eigenvalue weighted by atomic mass is 10.0. The highest BCUT2D eigenvalue weighted by Gasteiger charge is 2.43. The number of carboxylic acid groups (broad SMARTS) is 1. The van der Waals surface area contributed by atoms with E-state index in [1.54, 1.807) is 7.05 Å². The van der Waals surface area contributed by atoms with Gasteiger partial charge in [0.25, 0.3) is 5.91 Å². The van der Waals surface area contributed by atoms with E-state index in [9.17, 15) is 19.2 Å². The molecule has 0 aliphatic carbocycles. The predicted octanol–water partition coefficient (Wildman–Crippen LogP) is 1.69. The van der Waals surface area contributed by atoms with Crippen LogP contribution in [-0.2, 0) is 25.7 Å². The fourth-order valence-electron chi connectivity index (χ4n) is 3.53. The molecule has 1 aliphatic rings. The summed E-state index contributed by atoms with van der Waals surface area (Å²) in [5.74, 6) is -3.81. The number of Topliss-reactive ketones (excluding diaryl/α,β-unsaturated/α-hetero) is 1. The van der Waals surface area contributed by atoms with Gasteiger partial charge in [0.05, 0.1) is 0 Å². The first-order chi connectivity index (χ1) is 13.4. The maximum Gasteiger partial charge on any atom is 0.303 e. The molecule has 2 aromatic carbocycles. The number of carboxylic acids is 1. The summed E-state index contributed by atoms with van der Waals surface area (Å²) in [5, 5.41) is 10.8. The largest absolute Gasteiger partial charge is 0.481 e. The molecule has 0 bridgehead atoms. The summed E-state index contributed by atoms with van der Waals surface area (Å²) in [7, 11) is 1.62. The Morgan fingerprint density at radius 2 is 1.86 bits per heavy atom. The van der Waals surface area contributed by atoms with Crippen molar-refractivity contribution in [2.24, 2.45) is 5.92 Å². The van der Waals surface area contributed by atoms with E-state index in [0.717, 1.165) is 16.3 Å². The van der Waals surface area contributed by atoms with Gasteiger partial charge in [-0.2, -0.15) is 0 Å². The number of fused-ring (bicyclic) bond motifs is 1. The van der Waals surface area contributed by atoms with E-state index < -0.39 is 29.5 Å². The zero-order valence-electron chi connectivity index (χ0n) is 15.6. The number of rotatable bonds is 7. The van der Waals surface area contributed by atoms with Gasteiger partial charge in [0.1, 0.15) is 5.92 Å². The molecule has 0 saturated carbocycles. The second-order valence-electron chi connectivity index (χ2n) is 7.00. The van der Waals surface area contributed by atoms with E-state index in [4.69, 9.17) is 5.11 Å². The van der Waals surface area contributed by atoms with Crippen molar-refractivity contribution in [3.8, 4) is 0 Å². The van der Waals surface area contributed by atoms with Crippen LogP contribution in [0.4, 0.5) is 0 Å². The van der Waals surface area contributed by atoms with E-state index in [2.05, 4.69) is 0 Å². The molecular weight excluding hydrogens is 360 g/mol. The minimum absolute atomic E-state index is 0.00992. The monoisotopic (exact) mass is 382 g/mol. The standard InChI is InChI=1S/C21H22N2O5/c1-22(12-15-8-4-7-14-6-2-3-9-16(14)15)20(27)17-13-23(21(28)19(17)26)11-5-10-18(24)25/h2-4,6-9,17H,5,10-13H2,1H3,(H,24,25). The average Bonchev–Trinajstić information content (AvgIpc) is 2.96. The molecule has 3 rings (SSSR count). The molecule has 0 spiro atoms. The van der Waals surface area contributed by atoms with Crippen molar-refractivity contribution in [2.75, 3.05) is 20.1 Å². The Kier molecular flexibility index (Phi) is 5.73. The van der Waals surface area contributed by atoms with E-state index in [1.165, 1.54) is 9.80 Å². The third-order valence-electron chi connectivity index (χ3n) is 5.00. The van der Waals surface area contributed by atoms with Crippen molar-refractivity contribution in [1.29, 1.82) is 0 Å². The summed E-state index contributed by atoms with van der Waals surface area (Å²) >= 11 is 0. The number of carbonyl (C=O) groups is 4. The lowest BCUT2D eigenvalue weighted by Gasteiger charge is -2.21. The van der Waals surface area contributed by atoms with Crippen LogP contribution in [0.3, 0.4) is 0 Å². The number of amides is 2. The Morgan fingerprint density at radius 1 is 1.14 bits per heavy atom. The molecule has 7 nitrogen and oxygen atoms in total. The van der Waals surface area contributed by atoms with Crippen LogP contribution in [-0.4, -0.2) is 58.6 Å². The molecule has 1 atom stereocenters. The van der Waals surface area contributed by atoms with Gasteiger partial charge in [-0.05, 0) is 22.8 Å². The molecule has 1 unspecified atom stereocenters. The highest BCUT2D eigenvalue weighted by atomic mass is 16.4. The first-order valence-corrected chi connectivity index (χ1v) is 9.15. The molecule has 28 heavy (non-hydrogen) atoms. The van der Waals surface area contributed by atoms with Crippen molar-refractivity contribution in [3.05, 3.63) is 48.0 Å². The molecule has 146 valence electrons. The number of aliphatic carboxylic acids is 1. The van der Waals surface area contributed by atoms with Crippen molar-refractivity contribution < 1.29 is 24.3 Å². The van der Waals surface area contributed by atoms with Gasteiger partial charge in [0, 0.05) is 33.1 Å². The van der Waals surface area contributed by atoms with Crippen LogP contribution in [0.5, 0.6) is 0 Å². The second kappa shape index (κ2) is 8.21. The van der Waals surface area contributed by atoms with Crippen LogP contribution in [0.15, 0.2) is 42.5 Å². The van der Waals surface area contributed by atoms with Crippen molar-refractivity contribution in [3.63, 3.8) is 0 Å². The summed E-state index contributed by atoms with van der Waals surface area (Å²) in [6.07, 6.45) is 0.165. The summed E-state index contributed by atoms with van der Waals surface area (Å²) in [6.45, 7) is 0.501.